The largest absolute Gasteiger partial charge is 0.459 e. The SMILES string of the molecule is O=C(c1ccc[nH]1)N1CCN(C(=O)c2ccco2)CC1. The fourth-order valence-corrected chi connectivity index (χ4v) is 2.30. The maximum Gasteiger partial charge on any atom is 0.289 e. The zero-order valence-electron chi connectivity index (χ0n) is 10.9. The van der Waals surface area contributed by atoms with Gasteiger partial charge in [-0.25, -0.2) is 0 Å². The lowest BCUT2D eigenvalue weighted by atomic mass is 10.2. The summed E-state index contributed by atoms with van der Waals surface area (Å²) in [5.74, 6) is 0.191. The van der Waals surface area contributed by atoms with Crippen LogP contribution in [0.1, 0.15) is 21.0 Å². The van der Waals surface area contributed by atoms with Crippen LogP contribution in [0, 0.1) is 0 Å². The fourth-order valence-electron chi connectivity index (χ4n) is 2.30. The molecule has 6 heteroatoms. The van der Waals surface area contributed by atoms with E-state index in [4.69, 9.17) is 4.42 Å². The normalized spacial score (nSPS) is 15.4. The monoisotopic (exact) mass is 273 g/mol. The Balaban J connectivity index is 1.60. The molecule has 1 aliphatic heterocycles. The van der Waals surface area contributed by atoms with Crippen LogP contribution >= 0.6 is 0 Å². The molecule has 1 N–H and O–H groups in total. The average molecular weight is 273 g/mol. The highest BCUT2D eigenvalue weighted by Gasteiger charge is 2.26. The molecule has 3 heterocycles. The van der Waals surface area contributed by atoms with Crippen LogP contribution in [-0.2, 0) is 0 Å². The van der Waals surface area contributed by atoms with Crippen LogP contribution in [-0.4, -0.2) is 52.8 Å². The number of aromatic nitrogens is 1. The zero-order chi connectivity index (χ0) is 13.9. The summed E-state index contributed by atoms with van der Waals surface area (Å²) in [6.07, 6.45) is 3.21. The van der Waals surface area contributed by atoms with Crippen molar-refractivity contribution in [2.24, 2.45) is 0 Å². The van der Waals surface area contributed by atoms with E-state index < -0.39 is 0 Å². The number of nitrogens with zero attached hydrogens (tertiary/aromatic N) is 2. The Bertz CT molecular complexity index is 527. The Morgan fingerprint density at radius 2 is 1.70 bits per heavy atom. The number of rotatable bonds is 2. The molecule has 1 saturated heterocycles. The summed E-state index contributed by atoms with van der Waals surface area (Å²) >= 11 is 0. The Hall–Kier alpha value is -2.50. The Morgan fingerprint density at radius 1 is 1.00 bits per heavy atom. The fraction of sp³-hybridized carbons (Fsp3) is 0.286. The smallest absolute Gasteiger partial charge is 0.289 e. The minimum absolute atomic E-state index is 0.0277. The maximum absolute atomic E-state index is 12.1. The van der Waals surface area contributed by atoms with Crippen molar-refractivity contribution < 1.29 is 14.0 Å². The van der Waals surface area contributed by atoms with Crippen molar-refractivity contribution in [1.29, 1.82) is 0 Å². The third-order valence-corrected chi connectivity index (χ3v) is 3.41. The van der Waals surface area contributed by atoms with E-state index in [1.807, 2.05) is 0 Å². The number of piperazine rings is 1. The van der Waals surface area contributed by atoms with Crippen LogP contribution in [0.5, 0.6) is 0 Å². The van der Waals surface area contributed by atoms with Crippen LogP contribution in [0.25, 0.3) is 0 Å². The standard InChI is InChI=1S/C14H15N3O3/c18-13(11-3-1-5-15-11)16-6-8-17(9-7-16)14(19)12-4-2-10-20-12/h1-5,10,15H,6-9H2. The summed E-state index contributed by atoms with van der Waals surface area (Å²) in [6.45, 7) is 2.10. The number of furan rings is 1. The van der Waals surface area contributed by atoms with Gasteiger partial charge in [0, 0.05) is 32.4 Å². The summed E-state index contributed by atoms with van der Waals surface area (Å²) < 4.78 is 5.10. The predicted molar refractivity (Wildman–Crippen MR) is 71.3 cm³/mol. The lowest BCUT2D eigenvalue weighted by molar-refractivity contribution is 0.0515. The first kappa shape index (κ1) is 12.5. The molecule has 2 aromatic rings. The zero-order valence-corrected chi connectivity index (χ0v) is 10.9. The molecule has 0 aromatic carbocycles. The van der Waals surface area contributed by atoms with E-state index in [0.29, 0.717) is 37.6 Å². The van der Waals surface area contributed by atoms with Crippen molar-refractivity contribution in [3.05, 3.63) is 48.2 Å². The molecule has 20 heavy (non-hydrogen) atoms. The van der Waals surface area contributed by atoms with Crippen molar-refractivity contribution in [3.8, 4) is 0 Å². The van der Waals surface area contributed by atoms with Crippen molar-refractivity contribution in [1.82, 2.24) is 14.8 Å². The molecule has 0 atom stereocenters. The van der Waals surface area contributed by atoms with E-state index in [9.17, 15) is 9.59 Å². The van der Waals surface area contributed by atoms with E-state index in [0.717, 1.165) is 0 Å². The molecular weight excluding hydrogens is 258 g/mol. The van der Waals surface area contributed by atoms with Gasteiger partial charge in [-0.1, -0.05) is 0 Å². The van der Waals surface area contributed by atoms with E-state index in [2.05, 4.69) is 4.98 Å². The number of nitrogens with one attached hydrogen (secondary N) is 1. The van der Waals surface area contributed by atoms with Gasteiger partial charge in [-0.15, -0.1) is 0 Å². The van der Waals surface area contributed by atoms with Crippen LogP contribution in [0.3, 0.4) is 0 Å². The Morgan fingerprint density at radius 3 is 2.25 bits per heavy atom. The summed E-state index contributed by atoms with van der Waals surface area (Å²) in [5.41, 5.74) is 0.579. The van der Waals surface area contributed by atoms with Gasteiger partial charge in [0.1, 0.15) is 5.69 Å². The number of hydrogen-bond donors (Lipinski definition) is 1. The average Bonchev–Trinajstić information content (AvgIpc) is 3.18. The molecule has 2 aromatic heterocycles. The lowest BCUT2D eigenvalue weighted by Crippen LogP contribution is -2.50. The number of hydrogen-bond acceptors (Lipinski definition) is 3. The molecule has 0 unspecified atom stereocenters. The Labute approximate surface area is 116 Å². The highest BCUT2D eigenvalue weighted by molar-refractivity contribution is 5.93. The van der Waals surface area contributed by atoms with Gasteiger partial charge in [0.2, 0.25) is 0 Å². The molecule has 6 nitrogen and oxygen atoms in total. The maximum atomic E-state index is 12.1. The number of aromatic amines is 1. The van der Waals surface area contributed by atoms with E-state index in [1.165, 1.54) is 6.26 Å². The first-order valence-electron chi connectivity index (χ1n) is 6.51. The molecule has 0 aliphatic carbocycles. The van der Waals surface area contributed by atoms with E-state index >= 15 is 0 Å². The summed E-state index contributed by atoms with van der Waals surface area (Å²) in [4.78, 5) is 30.6. The number of carbonyl (C=O) groups excluding carboxylic acids is 2. The van der Waals surface area contributed by atoms with E-state index in [1.54, 1.807) is 40.3 Å². The van der Waals surface area contributed by atoms with Gasteiger partial charge >= 0.3 is 0 Å². The van der Waals surface area contributed by atoms with Crippen LogP contribution < -0.4 is 0 Å². The first-order valence-corrected chi connectivity index (χ1v) is 6.51. The van der Waals surface area contributed by atoms with Crippen molar-refractivity contribution in [3.63, 3.8) is 0 Å². The Kier molecular flexibility index (Phi) is 3.28. The minimum atomic E-state index is -0.123. The molecule has 0 saturated carbocycles. The van der Waals surface area contributed by atoms with E-state index in [-0.39, 0.29) is 11.8 Å². The predicted octanol–water partition coefficient (Wildman–Crippen LogP) is 1.21. The third kappa shape index (κ3) is 2.32. The first-order chi connectivity index (χ1) is 9.75. The molecule has 0 bridgehead atoms. The number of amides is 2. The highest BCUT2D eigenvalue weighted by Crippen LogP contribution is 2.11. The van der Waals surface area contributed by atoms with Crippen LogP contribution in [0.4, 0.5) is 0 Å². The molecule has 2 amide bonds. The van der Waals surface area contributed by atoms with Crippen molar-refractivity contribution in [2.45, 2.75) is 0 Å². The lowest BCUT2D eigenvalue weighted by Gasteiger charge is -2.34. The van der Waals surface area contributed by atoms with Gasteiger partial charge < -0.3 is 19.2 Å². The molecule has 0 spiro atoms. The summed E-state index contributed by atoms with van der Waals surface area (Å²) in [5, 5.41) is 0. The van der Waals surface area contributed by atoms with Crippen molar-refractivity contribution in [2.75, 3.05) is 26.2 Å². The second-order valence-electron chi connectivity index (χ2n) is 4.65. The molecule has 1 fully saturated rings. The van der Waals surface area contributed by atoms with Gasteiger partial charge in [0.15, 0.2) is 5.76 Å². The summed E-state index contributed by atoms with van der Waals surface area (Å²) in [6, 6.07) is 6.89. The molecule has 104 valence electrons. The van der Waals surface area contributed by atoms with Crippen LogP contribution in [0.2, 0.25) is 0 Å². The highest BCUT2D eigenvalue weighted by atomic mass is 16.3. The van der Waals surface area contributed by atoms with Gasteiger partial charge in [-0.3, -0.25) is 9.59 Å². The molecule has 1 aliphatic rings. The molecule has 3 rings (SSSR count). The van der Waals surface area contributed by atoms with Gasteiger partial charge in [-0.2, -0.15) is 0 Å². The quantitative estimate of drug-likeness (QED) is 0.894. The van der Waals surface area contributed by atoms with Gasteiger partial charge in [-0.05, 0) is 24.3 Å². The van der Waals surface area contributed by atoms with Gasteiger partial charge in [0.05, 0.1) is 6.26 Å². The van der Waals surface area contributed by atoms with Gasteiger partial charge in [0.25, 0.3) is 11.8 Å². The summed E-state index contributed by atoms with van der Waals surface area (Å²) in [7, 11) is 0. The third-order valence-electron chi connectivity index (χ3n) is 3.41. The molecule has 0 radical (unpaired) electrons. The van der Waals surface area contributed by atoms with Crippen LogP contribution in [0.15, 0.2) is 41.1 Å². The topological polar surface area (TPSA) is 69.6 Å². The van der Waals surface area contributed by atoms with Crippen molar-refractivity contribution >= 4 is 11.8 Å². The number of H-pyrrole nitrogens is 1. The number of carbonyl (C=O) groups is 2. The second kappa shape index (κ2) is 5.24. The molecular formula is C14H15N3O3. The second-order valence-corrected chi connectivity index (χ2v) is 4.65. The minimum Gasteiger partial charge on any atom is -0.459 e.